The highest BCUT2D eigenvalue weighted by molar-refractivity contribution is 5.33. The molecule has 256 valence electrons. The summed E-state index contributed by atoms with van der Waals surface area (Å²) < 4.78 is 25.2. The summed E-state index contributed by atoms with van der Waals surface area (Å²) in [5.74, 6) is 1.67. The topological polar surface area (TPSA) is 101 Å². The Morgan fingerprint density at radius 1 is 0.978 bits per heavy atom. The van der Waals surface area contributed by atoms with E-state index in [1.807, 2.05) is 0 Å². The molecule has 2 spiro atoms. The van der Waals surface area contributed by atoms with Gasteiger partial charge < -0.3 is 34.3 Å². The lowest BCUT2D eigenvalue weighted by atomic mass is 9.41. The number of aliphatic hydroxyl groups is 3. The van der Waals surface area contributed by atoms with Gasteiger partial charge in [-0.25, -0.2) is 0 Å². The highest BCUT2D eigenvalue weighted by Crippen LogP contribution is 2.89. The Kier molecular flexibility index (Phi) is 7.18. The van der Waals surface area contributed by atoms with Gasteiger partial charge in [-0.05, 0) is 111 Å². The SMILES string of the molecule is C[C@@H]1C[C@H]([C@H](O)C(C)(C)O)O[C@H]2[C@H]1[C@@]1(C)CCC34C[C@@]35CC[C@H](OC3CN(C6COC6)CCO3)C(C)(C)C5CC[C@H]4[C@]1(C)[C@H]2O. The molecule has 8 aliphatic rings. The van der Waals surface area contributed by atoms with E-state index in [1.165, 1.54) is 25.7 Å². The highest BCUT2D eigenvalue weighted by Gasteiger charge is 2.84. The van der Waals surface area contributed by atoms with Gasteiger partial charge >= 0.3 is 0 Å². The Labute approximate surface area is 270 Å². The molecule has 3 N–H and O–H groups in total. The first-order valence-corrected chi connectivity index (χ1v) is 18.4. The number of hydrogen-bond donors (Lipinski definition) is 3. The van der Waals surface area contributed by atoms with E-state index in [-0.39, 0.29) is 40.7 Å². The fourth-order valence-electron chi connectivity index (χ4n) is 13.9. The summed E-state index contributed by atoms with van der Waals surface area (Å²) in [4.78, 5) is 2.50. The van der Waals surface area contributed by atoms with Crippen molar-refractivity contribution in [3.05, 3.63) is 0 Å². The molecule has 3 aliphatic heterocycles. The molecular formula is C37H61NO7. The zero-order chi connectivity index (χ0) is 31.9. The molecule has 3 heterocycles. The molecule has 0 aromatic rings. The zero-order valence-electron chi connectivity index (χ0n) is 29.0. The molecule has 14 atom stereocenters. The maximum Gasteiger partial charge on any atom is 0.170 e. The predicted molar refractivity (Wildman–Crippen MR) is 169 cm³/mol. The van der Waals surface area contributed by atoms with Crippen LogP contribution in [0.1, 0.15) is 99.8 Å². The van der Waals surface area contributed by atoms with Crippen LogP contribution in [0.5, 0.6) is 0 Å². The van der Waals surface area contributed by atoms with Crippen molar-refractivity contribution in [2.24, 2.45) is 50.7 Å². The van der Waals surface area contributed by atoms with Crippen LogP contribution in [0.3, 0.4) is 0 Å². The number of nitrogens with zero attached hydrogens (tertiary/aromatic N) is 1. The van der Waals surface area contributed by atoms with Gasteiger partial charge in [-0.15, -0.1) is 0 Å². The Balaban J connectivity index is 1.03. The molecule has 8 heteroatoms. The van der Waals surface area contributed by atoms with Gasteiger partial charge in [0.1, 0.15) is 6.10 Å². The van der Waals surface area contributed by atoms with Gasteiger partial charge in [0.2, 0.25) is 0 Å². The molecule has 8 nitrogen and oxygen atoms in total. The van der Waals surface area contributed by atoms with Gasteiger partial charge in [0.25, 0.3) is 0 Å². The van der Waals surface area contributed by atoms with Crippen molar-refractivity contribution in [3.63, 3.8) is 0 Å². The molecule has 8 rings (SSSR count). The van der Waals surface area contributed by atoms with Crippen molar-refractivity contribution in [2.45, 2.75) is 148 Å². The van der Waals surface area contributed by atoms with E-state index in [1.54, 1.807) is 13.8 Å². The molecule has 3 saturated heterocycles. The minimum Gasteiger partial charge on any atom is -0.390 e. The summed E-state index contributed by atoms with van der Waals surface area (Å²) >= 11 is 0. The van der Waals surface area contributed by atoms with Gasteiger partial charge in [0, 0.05) is 12.0 Å². The summed E-state index contributed by atoms with van der Waals surface area (Å²) in [6.07, 6.45) is 6.81. The van der Waals surface area contributed by atoms with Gasteiger partial charge in [-0.1, -0.05) is 34.6 Å². The lowest BCUT2D eigenvalue weighted by molar-refractivity contribution is -0.256. The fraction of sp³-hybridized carbons (Fsp3) is 1.00. The molecule has 0 aromatic heterocycles. The first kappa shape index (κ1) is 31.9. The lowest BCUT2D eigenvalue weighted by Crippen LogP contribution is -2.60. The average molecular weight is 632 g/mol. The highest BCUT2D eigenvalue weighted by atomic mass is 16.7. The number of aliphatic hydroxyl groups excluding tert-OH is 2. The Morgan fingerprint density at radius 3 is 2.38 bits per heavy atom. The molecular weight excluding hydrogens is 570 g/mol. The number of ether oxygens (including phenoxy) is 4. The molecule has 0 amide bonds. The minimum atomic E-state index is -1.24. The normalized spacial score (nSPS) is 54.9. The van der Waals surface area contributed by atoms with E-state index in [0.717, 1.165) is 58.6 Å². The van der Waals surface area contributed by atoms with Crippen LogP contribution in [-0.2, 0) is 18.9 Å². The van der Waals surface area contributed by atoms with Crippen molar-refractivity contribution in [1.29, 1.82) is 0 Å². The van der Waals surface area contributed by atoms with Crippen molar-refractivity contribution in [3.8, 4) is 0 Å². The Morgan fingerprint density at radius 2 is 1.69 bits per heavy atom. The molecule has 5 saturated carbocycles. The number of hydrogen-bond acceptors (Lipinski definition) is 8. The van der Waals surface area contributed by atoms with Crippen LogP contribution >= 0.6 is 0 Å². The van der Waals surface area contributed by atoms with Crippen LogP contribution in [0.15, 0.2) is 0 Å². The second-order valence-corrected chi connectivity index (χ2v) is 18.8. The van der Waals surface area contributed by atoms with Gasteiger partial charge in [0.05, 0.1) is 62.4 Å². The molecule has 45 heavy (non-hydrogen) atoms. The number of rotatable bonds is 5. The first-order valence-electron chi connectivity index (χ1n) is 18.4. The minimum absolute atomic E-state index is 0.0147. The summed E-state index contributed by atoms with van der Waals surface area (Å²) in [6, 6.07) is 0.517. The van der Waals surface area contributed by atoms with Crippen molar-refractivity contribution in [1.82, 2.24) is 4.90 Å². The lowest BCUT2D eigenvalue weighted by Gasteiger charge is -2.64. The molecule has 5 aliphatic carbocycles. The molecule has 3 unspecified atom stereocenters. The summed E-state index contributed by atoms with van der Waals surface area (Å²) in [7, 11) is 0. The van der Waals surface area contributed by atoms with E-state index in [0.29, 0.717) is 34.6 Å². The van der Waals surface area contributed by atoms with E-state index in [4.69, 9.17) is 18.9 Å². The largest absolute Gasteiger partial charge is 0.390 e. The second kappa shape index (κ2) is 10.1. The summed E-state index contributed by atoms with van der Waals surface area (Å²) in [5.41, 5.74) is -0.794. The number of fused-ring (bicyclic) bond motifs is 4. The molecule has 0 radical (unpaired) electrons. The monoisotopic (exact) mass is 631 g/mol. The predicted octanol–water partition coefficient (Wildman–Crippen LogP) is 4.37. The quantitative estimate of drug-likeness (QED) is 0.412. The van der Waals surface area contributed by atoms with Crippen molar-refractivity contribution in [2.75, 3.05) is 32.9 Å². The van der Waals surface area contributed by atoms with Gasteiger partial charge in [-0.2, -0.15) is 0 Å². The first-order chi connectivity index (χ1) is 21.1. The second-order valence-electron chi connectivity index (χ2n) is 18.8. The van der Waals surface area contributed by atoms with Crippen LogP contribution < -0.4 is 0 Å². The zero-order valence-corrected chi connectivity index (χ0v) is 29.0. The Hall–Kier alpha value is -0.320. The third-order valence-corrected chi connectivity index (χ3v) is 16.4. The summed E-state index contributed by atoms with van der Waals surface area (Å²) in [5, 5.41) is 34.1. The van der Waals surface area contributed by atoms with E-state index in [9.17, 15) is 15.3 Å². The smallest absolute Gasteiger partial charge is 0.170 e. The maximum absolute atomic E-state index is 12.4. The van der Waals surface area contributed by atoms with Crippen LogP contribution in [0.25, 0.3) is 0 Å². The van der Waals surface area contributed by atoms with Crippen LogP contribution in [-0.4, -0.2) is 102 Å². The fourth-order valence-corrected chi connectivity index (χ4v) is 13.9. The van der Waals surface area contributed by atoms with Crippen molar-refractivity contribution >= 4 is 0 Å². The van der Waals surface area contributed by atoms with Gasteiger partial charge in [0.15, 0.2) is 6.29 Å². The van der Waals surface area contributed by atoms with Crippen LogP contribution in [0.2, 0.25) is 0 Å². The van der Waals surface area contributed by atoms with Crippen LogP contribution in [0, 0.1) is 50.7 Å². The van der Waals surface area contributed by atoms with Gasteiger partial charge in [-0.3, -0.25) is 4.90 Å². The third kappa shape index (κ3) is 4.12. The molecule has 8 fully saturated rings. The molecule has 0 bridgehead atoms. The van der Waals surface area contributed by atoms with E-state index >= 15 is 0 Å². The number of morpholine rings is 1. The third-order valence-electron chi connectivity index (χ3n) is 16.4. The average Bonchev–Trinajstić information content (AvgIpc) is 3.57. The van der Waals surface area contributed by atoms with Crippen molar-refractivity contribution < 1.29 is 34.3 Å². The summed E-state index contributed by atoms with van der Waals surface area (Å²) in [6.45, 7) is 19.7. The van der Waals surface area contributed by atoms with E-state index in [2.05, 4.69) is 39.5 Å². The maximum atomic E-state index is 12.4. The Bertz CT molecular complexity index is 1170. The van der Waals surface area contributed by atoms with E-state index < -0.39 is 23.9 Å². The molecule has 0 aromatic carbocycles. The van der Waals surface area contributed by atoms with Crippen LogP contribution in [0.4, 0.5) is 0 Å². The standard InChI is InChI=1S/C37H61NO7/c1-21-16-23(30(39)33(4,5)41)44-29-28(21)34(6)12-13-37-20-36(37)11-10-26(45-27-17-38(14-15-43-27)22-18-42-19-22)32(2,3)24(36)8-9-25(37)35(34,7)31(29)40/h21-31,39-41H,8-20H2,1-7H3/t21-,23-,24?,25+,26+,27?,28+,29+,30+,31+,34-,35-,36-,37?/m1/s1.